The molecule has 27 heavy (non-hydrogen) atoms. The summed E-state index contributed by atoms with van der Waals surface area (Å²) in [7, 11) is 0. The van der Waals surface area contributed by atoms with Crippen molar-refractivity contribution in [2.75, 3.05) is 6.61 Å². The molecule has 0 aliphatic carbocycles. The maximum Gasteiger partial charge on any atom is 0.347 e. The molecule has 0 amide bonds. The lowest BCUT2D eigenvalue weighted by Gasteiger charge is -2.13. The Morgan fingerprint density at radius 2 is 1.93 bits per heavy atom. The SMILES string of the molecule is CCOC(=O)[C@@H](C)Oc1ccc(Oc2nc3ccc([N+](=O)[O-])cc3s2)cc1. The maximum absolute atomic E-state index is 11.6. The van der Waals surface area contributed by atoms with Gasteiger partial charge < -0.3 is 14.2 Å². The highest BCUT2D eigenvalue weighted by Crippen LogP contribution is 2.33. The van der Waals surface area contributed by atoms with E-state index in [0.29, 0.717) is 33.5 Å². The van der Waals surface area contributed by atoms with E-state index >= 15 is 0 Å². The second-order valence-corrected chi connectivity index (χ2v) is 6.47. The Bertz CT molecular complexity index is 970. The summed E-state index contributed by atoms with van der Waals surface area (Å²) in [5.41, 5.74) is 0.638. The molecule has 0 N–H and O–H groups in total. The number of nitro groups is 1. The van der Waals surface area contributed by atoms with E-state index in [9.17, 15) is 14.9 Å². The van der Waals surface area contributed by atoms with E-state index in [1.807, 2.05) is 0 Å². The number of esters is 1. The fraction of sp³-hybridized carbons (Fsp3) is 0.222. The van der Waals surface area contributed by atoms with Crippen LogP contribution >= 0.6 is 11.3 Å². The normalized spacial score (nSPS) is 11.8. The summed E-state index contributed by atoms with van der Waals surface area (Å²) in [6.07, 6.45) is -0.711. The van der Waals surface area contributed by atoms with Crippen molar-refractivity contribution < 1.29 is 23.9 Å². The first-order valence-corrected chi connectivity index (χ1v) is 8.94. The number of non-ortho nitro benzene ring substituents is 1. The first-order valence-electron chi connectivity index (χ1n) is 8.12. The fourth-order valence-electron chi connectivity index (χ4n) is 2.25. The zero-order chi connectivity index (χ0) is 19.4. The van der Waals surface area contributed by atoms with E-state index in [1.54, 1.807) is 44.2 Å². The highest BCUT2D eigenvalue weighted by molar-refractivity contribution is 7.20. The Balaban J connectivity index is 1.68. The lowest BCUT2D eigenvalue weighted by molar-refractivity contribution is -0.384. The van der Waals surface area contributed by atoms with Gasteiger partial charge in [0, 0.05) is 12.1 Å². The van der Waals surface area contributed by atoms with Crippen molar-refractivity contribution in [2.45, 2.75) is 20.0 Å². The number of ether oxygens (including phenoxy) is 3. The molecule has 0 saturated heterocycles. The molecule has 0 fully saturated rings. The maximum atomic E-state index is 11.6. The number of nitrogens with zero attached hydrogens (tertiary/aromatic N) is 2. The van der Waals surface area contributed by atoms with Crippen LogP contribution in [-0.2, 0) is 9.53 Å². The van der Waals surface area contributed by atoms with Gasteiger partial charge in [0.05, 0.1) is 21.7 Å². The van der Waals surface area contributed by atoms with Crippen LogP contribution in [0.3, 0.4) is 0 Å². The number of carbonyl (C=O) groups is 1. The number of hydrogen-bond acceptors (Lipinski definition) is 8. The van der Waals surface area contributed by atoms with E-state index in [2.05, 4.69) is 4.98 Å². The molecule has 0 aliphatic rings. The molecule has 0 unspecified atom stereocenters. The minimum absolute atomic E-state index is 0.00919. The van der Waals surface area contributed by atoms with Crippen LogP contribution in [0.15, 0.2) is 42.5 Å². The number of rotatable bonds is 7. The summed E-state index contributed by atoms with van der Waals surface area (Å²) >= 11 is 1.22. The summed E-state index contributed by atoms with van der Waals surface area (Å²) in [5, 5.41) is 11.2. The Labute approximate surface area is 158 Å². The lowest BCUT2D eigenvalue weighted by Crippen LogP contribution is -2.25. The van der Waals surface area contributed by atoms with Gasteiger partial charge in [-0.25, -0.2) is 9.78 Å². The average molecular weight is 388 g/mol. The highest BCUT2D eigenvalue weighted by atomic mass is 32.1. The molecule has 1 aromatic heterocycles. The van der Waals surface area contributed by atoms with Crippen molar-refractivity contribution in [2.24, 2.45) is 0 Å². The van der Waals surface area contributed by atoms with Gasteiger partial charge in [0.1, 0.15) is 11.5 Å². The summed E-state index contributed by atoms with van der Waals surface area (Å²) in [6, 6.07) is 11.2. The van der Waals surface area contributed by atoms with Gasteiger partial charge in [0.15, 0.2) is 6.10 Å². The average Bonchev–Trinajstić information content (AvgIpc) is 3.04. The monoisotopic (exact) mass is 388 g/mol. The van der Waals surface area contributed by atoms with Crippen LogP contribution in [0.2, 0.25) is 0 Å². The Hall–Kier alpha value is -3.20. The molecule has 2 aromatic carbocycles. The van der Waals surface area contributed by atoms with Crippen LogP contribution in [0.25, 0.3) is 10.2 Å². The third kappa shape index (κ3) is 4.50. The van der Waals surface area contributed by atoms with Crippen LogP contribution in [0.1, 0.15) is 13.8 Å². The first kappa shape index (κ1) is 18.6. The van der Waals surface area contributed by atoms with Crippen molar-refractivity contribution in [1.29, 1.82) is 0 Å². The molecular formula is C18H16N2O6S. The second-order valence-electron chi connectivity index (χ2n) is 5.47. The number of fused-ring (bicyclic) bond motifs is 1. The minimum atomic E-state index is -0.711. The number of aromatic nitrogens is 1. The quantitative estimate of drug-likeness (QED) is 0.337. The third-order valence-corrected chi connectivity index (χ3v) is 4.42. The van der Waals surface area contributed by atoms with E-state index in [0.717, 1.165) is 0 Å². The topological polar surface area (TPSA) is 101 Å². The molecule has 1 heterocycles. The highest BCUT2D eigenvalue weighted by Gasteiger charge is 2.16. The van der Waals surface area contributed by atoms with Gasteiger partial charge in [0.25, 0.3) is 10.9 Å². The lowest BCUT2D eigenvalue weighted by atomic mass is 10.3. The summed E-state index contributed by atoms with van der Waals surface area (Å²) < 4.78 is 16.8. The van der Waals surface area contributed by atoms with Gasteiger partial charge in [0.2, 0.25) is 0 Å². The number of carbonyl (C=O) groups excluding carboxylic acids is 1. The van der Waals surface area contributed by atoms with Gasteiger partial charge >= 0.3 is 5.97 Å². The molecule has 0 saturated carbocycles. The van der Waals surface area contributed by atoms with E-state index in [1.165, 1.54) is 23.5 Å². The molecule has 3 aromatic rings. The molecule has 0 bridgehead atoms. The Morgan fingerprint density at radius 1 is 1.22 bits per heavy atom. The van der Waals surface area contributed by atoms with Crippen LogP contribution in [-0.4, -0.2) is 28.6 Å². The van der Waals surface area contributed by atoms with Gasteiger partial charge in [-0.15, -0.1) is 0 Å². The van der Waals surface area contributed by atoms with Crippen molar-refractivity contribution in [3.63, 3.8) is 0 Å². The van der Waals surface area contributed by atoms with Crippen LogP contribution < -0.4 is 9.47 Å². The predicted molar refractivity (Wildman–Crippen MR) is 99.5 cm³/mol. The largest absolute Gasteiger partial charge is 0.479 e. The van der Waals surface area contributed by atoms with Gasteiger partial charge in [-0.2, -0.15) is 0 Å². The molecular weight excluding hydrogens is 372 g/mol. The van der Waals surface area contributed by atoms with E-state index in [4.69, 9.17) is 14.2 Å². The first-order chi connectivity index (χ1) is 13.0. The molecule has 9 heteroatoms. The zero-order valence-corrected chi connectivity index (χ0v) is 15.4. The summed E-state index contributed by atoms with van der Waals surface area (Å²) in [6.45, 7) is 3.64. The number of nitro benzene ring substituents is 1. The van der Waals surface area contributed by atoms with Crippen LogP contribution in [0.5, 0.6) is 16.7 Å². The molecule has 0 radical (unpaired) electrons. The smallest absolute Gasteiger partial charge is 0.347 e. The molecule has 0 aliphatic heterocycles. The van der Waals surface area contributed by atoms with Crippen molar-refractivity contribution in [1.82, 2.24) is 4.98 Å². The number of thiazole rings is 1. The van der Waals surface area contributed by atoms with Crippen molar-refractivity contribution in [3.8, 4) is 16.7 Å². The van der Waals surface area contributed by atoms with Gasteiger partial charge in [-0.1, -0.05) is 11.3 Å². The van der Waals surface area contributed by atoms with Crippen LogP contribution in [0, 0.1) is 10.1 Å². The molecule has 8 nitrogen and oxygen atoms in total. The molecule has 3 rings (SSSR count). The van der Waals surface area contributed by atoms with Crippen molar-refractivity contribution in [3.05, 3.63) is 52.6 Å². The van der Waals surface area contributed by atoms with Gasteiger partial charge in [-0.3, -0.25) is 10.1 Å². The molecule has 0 spiro atoms. The van der Waals surface area contributed by atoms with Gasteiger partial charge in [-0.05, 0) is 44.2 Å². The zero-order valence-electron chi connectivity index (χ0n) is 14.6. The predicted octanol–water partition coefficient (Wildman–Crippen LogP) is 4.33. The second kappa shape index (κ2) is 8.00. The van der Waals surface area contributed by atoms with E-state index < -0.39 is 17.0 Å². The number of hydrogen-bond donors (Lipinski definition) is 0. The van der Waals surface area contributed by atoms with Crippen LogP contribution in [0.4, 0.5) is 5.69 Å². The number of benzene rings is 2. The minimum Gasteiger partial charge on any atom is -0.479 e. The fourth-order valence-corrected chi connectivity index (χ4v) is 3.12. The summed E-state index contributed by atoms with van der Waals surface area (Å²) in [5.74, 6) is 0.601. The standard InChI is InChI=1S/C18H16N2O6S/c1-3-24-17(21)11(2)25-13-5-7-14(8-6-13)26-18-19-15-9-4-12(20(22)23)10-16(15)27-18/h4-11H,3H2,1-2H3/t11-/m1/s1. The summed E-state index contributed by atoms with van der Waals surface area (Å²) in [4.78, 5) is 26.3. The van der Waals surface area contributed by atoms with E-state index in [-0.39, 0.29) is 5.69 Å². The van der Waals surface area contributed by atoms with Crippen molar-refractivity contribution >= 4 is 33.2 Å². The molecule has 140 valence electrons. The Kier molecular flexibility index (Phi) is 5.51. The Morgan fingerprint density at radius 3 is 2.59 bits per heavy atom. The molecule has 1 atom stereocenters. The third-order valence-electron chi connectivity index (χ3n) is 3.52.